The molecule has 1 aliphatic rings. The maximum Gasteiger partial charge on any atom is 0.262 e. The van der Waals surface area contributed by atoms with Gasteiger partial charge in [0.1, 0.15) is 11.3 Å². The summed E-state index contributed by atoms with van der Waals surface area (Å²) in [5.41, 5.74) is 3.49. The van der Waals surface area contributed by atoms with Crippen LogP contribution in [0.25, 0.3) is 11.0 Å². The molecule has 1 atom stereocenters. The second-order valence-corrected chi connectivity index (χ2v) is 6.81. The SMILES string of the molecule is CCc1ccc2c(CC(=O)N3C[C@H](C(=O)NC)Oc4ccccc43)coc2c1. The van der Waals surface area contributed by atoms with Crippen LogP contribution in [0.4, 0.5) is 5.69 Å². The van der Waals surface area contributed by atoms with Gasteiger partial charge in [0.15, 0.2) is 6.10 Å². The number of nitrogens with one attached hydrogen (secondary N) is 1. The lowest BCUT2D eigenvalue weighted by molar-refractivity contribution is -0.127. The standard InChI is InChI=1S/C22H22N2O4/c1-3-14-8-9-16-15(13-27-19(16)10-14)11-21(25)24-12-20(22(26)23-2)28-18-7-5-4-6-17(18)24/h4-10,13,20H,3,11-12H2,1-2H3,(H,23,26)/t20-/m1/s1. The number of para-hydroxylation sites is 2. The van der Waals surface area contributed by atoms with Gasteiger partial charge in [0, 0.05) is 18.0 Å². The number of fused-ring (bicyclic) bond motifs is 2. The van der Waals surface area contributed by atoms with E-state index in [2.05, 4.69) is 18.3 Å². The van der Waals surface area contributed by atoms with Crippen LogP contribution in [0.3, 0.4) is 0 Å². The summed E-state index contributed by atoms with van der Waals surface area (Å²) < 4.78 is 11.4. The van der Waals surface area contributed by atoms with Gasteiger partial charge in [0.05, 0.1) is 24.9 Å². The van der Waals surface area contributed by atoms with Crippen LogP contribution >= 0.6 is 0 Å². The van der Waals surface area contributed by atoms with Crippen LogP contribution in [0.1, 0.15) is 18.1 Å². The minimum absolute atomic E-state index is 0.105. The van der Waals surface area contributed by atoms with Crippen molar-refractivity contribution in [3.05, 3.63) is 59.9 Å². The molecule has 28 heavy (non-hydrogen) atoms. The number of likely N-dealkylation sites (N-methyl/N-ethyl adjacent to an activating group) is 1. The largest absolute Gasteiger partial charge is 0.477 e. The molecule has 6 heteroatoms. The fourth-order valence-electron chi connectivity index (χ4n) is 3.51. The fraction of sp³-hybridized carbons (Fsp3) is 0.273. The first kappa shape index (κ1) is 18.1. The van der Waals surface area contributed by atoms with Gasteiger partial charge in [0.25, 0.3) is 5.91 Å². The molecular weight excluding hydrogens is 356 g/mol. The quantitative estimate of drug-likeness (QED) is 0.757. The predicted molar refractivity (Wildman–Crippen MR) is 107 cm³/mol. The van der Waals surface area contributed by atoms with E-state index < -0.39 is 6.10 Å². The van der Waals surface area contributed by atoms with E-state index in [1.54, 1.807) is 24.3 Å². The van der Waals surface area contributed by atoms with Crippen LogP contribution in [-0.4, -0.2) is 31.5 Å². The Hall–Kier alpha value is -3.28. The Bertz CT molecular complexity index is 1040. The molecule has 4 rings (SSSR count). The zero-order valence-electron chi connectivity index (χ0n) is 15.9. The van der Waals surface area contributed by atoms with Crippen LogP contribution in [0, 0.1) is 0 Å². The molecule has 3 aromatic rings. The van der Waals surface area contributed by atoms with Crippen LogP contribution in [0.15, 0.2) is 53.1 Å². The van der Waals surface area contributed by atoms with E-state index in [9.17, 15) is 9.59 Å². The average Bonchev–Trinajstić information content (AvgIpc) is 3.13. The molecule has 1 N–H and O–H groups in total. The number of furan rings is 1. The molecule has 2 heterocycles. The Labute approximate surface area is 163 Å². The van der Waals surface area contributed by atoms with Crippen molar-refractivity contribution in [1.82, 2.24) is 5.32 Å². The maximum atomic E-state index is 13.1. The number of hydrogen-bond acceptors (Lipinski definition) is 4. The van der Waals surface area contributed by atoms with E-state index in [0.29, 0.717) is 11.4 Å². The second-order valence-electron chi connectivity index (χ2n) is 6.81. The first-order valence-corrected chi connectivity index (χ1v) is 9.37. The number of amides is 2. The number of ether oxygens (including phenoxy) is 1. The summed E-state index contributed by atoms with van der Waals surface area (Å²) in [6.45, 7) is 2.26. The van der Waals surface area contributed by atoms with Crippen LogP contribution in [0.5, 0.6) is 5.75 Å². The highest BCUT2D eigenvalue weighted by atomic mass is 16.5. The number of aryl methyl sites for hydroxylation is 1. The first-order chi connectivity index (χ1) is 13.6. The lowest BCUT2D eigenvalue weighted by Gasteiger charge is -2.34. The molecule has 0 saturated carbocycles. The van der Waals surface area contributed by atoms with E-state index in [4.69, 9.17) is 9.15 Å². The van der Waals surface area contributed by atoms with Gasteiger partial charge in [-0.2, -0.15) is 0 Å². The average molecular weight is 378 g/mol. The normalized spacial score (nSPS) is 15.8. The summed E-state index contributed by atoms with van der Waals surface area (Å²) in [6.07, 6.45) is 2.02. The molecule has 0 fully saturated rings. The Balaban J connectivity index is 1.63. The Kier molecular flexibility index (Phi) is 4.77. The van der Waals surface area contributed by atoms with Gasteiger partial charge in [0.2, 0.25) is 5.91 Å². The van der Waals surface area contributed by atoms with E-state index in [1.807, 2.05) is 30.3 Å². The fourth-order valence-corrected chi connectivity index (χ4v) is 3.51. The summed E-state index contributed by atoms with van der Waals surface area (Å²) in [4.78, 5) is 26.9. The minimum Gasteiger partial charge on any atom is -0.477 e. The molecule has 144 valence electrons. The zero-order valence-corrected chi connectivity index (χ0v) is 15.9. The monoisotopic (exact) mass is 378 g/mol. The molecule has 0 aliphatic carbocycles. The number of rotatable bonds is 4. The van der Waals surface area contributed by atoms with E-state index in [-0.39, 0.29) is 24.8 Å². The number of carbonyl (C=O) groups excluding carboxylic acids is 2. The molecular formula is C22H22N2O4. The molecule has 0 spiro atoms. The van der Waals surface area contributed by atoms with Gasteiger partial charge in [-0.05, 0) is 30.2 Å². The second kappa shape index (κ2) is 7.38. The van der Waals surface area contributed by atoms with Crippen LogP contribution < -0.4 is 15.0 Å². The first-order valence-electron chi connectivity index (χ1n) is 9.37. The van der Waals surface area contributed by atoms with Crippen molar-refractivity contribution in [3.63, 3.8) is 0 Å². The van der Waals surface area contributed by atoms with Crippen molar-refractivity contribution in [1.29, 1.82) is 0 Å². The molecule has 2 amide bonds. The summed E-state index contributed by atoms with van der Waals surface area (Å²) >= 11 is 0. The Morgan fingerprint density at radius 3 is 2.82 bits per heavy atom. The number of hydrogen-bond donors (Lipinski definition) is 1. The minimum atomic E-state index is -0.739. The molecule has 0 saturated heterocycles. The van der Waals surface area contributed by atoms with Gasteiger partial charge >= 0.3 is 0 Å². The lowest BCUT2D eigenvalue weighted by Crippen LogP contribution is -2.50. The highest BCUT2D eigenvalue weighted by Crippen LogP contribution is 2.34. The van der Waals surface area contributed by atoms with Crippen LogP contribution in [-0.2, 0) is 22.4 Å². The van der Waals surface area contributed by atoms with Crippen molar-refractivity contribution >= 4 is 28.5 Å². The predicted octanol–water partition coefficient (Wildman–Crippen LogP) is 3.08. The highest BCUT2D eigenvalue weighted by Gasteiger charge is 2.33. The summed E-state index contributed by atoms with van der Waals surface area (Å²) in [5.74, 6) is 0.167. The summed E-state index contributed by atoms with van der Waals surface area (Å²) in [5, 5.41) is 3.53. The third kappa shape index (κ3) is 3.22. The molecule has 1 aliphatic heterocycles. The van der Waals surface area contributed by atoms with E-state index in [1.165, 1.54) is 5.56 Å². The number of nitrogens with zero attached hydrogens (tertiary/aromatic N) is 1. The molecule has 2 aromatic carbocycles. The van der Waals surface area contributed by atoms with Gasteiger partial charge < -0.3 is 19.4 Å². The number of anilines is 1. The molecule has 1 aromatic heterocycles. The molecule has 0 radical (unpaired) electrons. The Morgan fingerprint density at radius 1 is 1.21 bits per heavy atom. The third-order valence-electron chi connectivity index (χ3n) is 5.08. The van der Waals surface area contributed by atoms with Gasteiger partial charge in [-0.3, -0.25) is 9.59 Å². The number of carbonyl (C=O) groups is 2. The van der Waals surface area contributed by atoms with Crippen molar-refractivity contribution in [2.24, 2.45) is 0 Å². The lowest BCUT2D eigenvalue weighted by atomic mass is 10.1. The molecule has 0 bridgehead atoms. The van der Waals surface area contributed by atoms with Gasteiger partial charge in [-0.1, -0.05) is 31.2 Å². The van der Waals surface area contributed by atoms with Gasteiger partial charge in [-0.15, -0.1) is 0 Å². The zero-order chi connectivity index (χ0) is 19.7. The molecule has 0 unspecified atom stereocenters. The van der Waals surface area contributed by atoms with Crippen molar-refractivity contribution in [3.8, 4) is 5.75 Å². The topological polar surface area (TPSA) is 71.8 Å². The molecule has 6 nitrogen and oxygen atoms in total. The van der Waals surface area contributed by atoms with E-state index in [0.717, 1.165) is 23.0 Å². The third-order valence-corrected chi connectivity index (χ3v) is 5.08. The van der Waals surface area contributed by atoms with Gasteiger partial charge in [-0.25, -0.2) is 0 Å². The van der Waals surface area contributed by atoms with Crippen molar-refractivity contribution < 1.29 is 18.7 Å². The Morgan fingerprint density at radius 2 is 2.04 bits per heavy atom. The van der Waals surface area contributed by atoms with Crippen molar-refractivity contribution in [2.45, 2.75) is 25.9 Å². The summed E-state index contributed by atoms with van der Waals surface area (Å²) in [6, 6.07) is 13.3. The summed E-state index contributed by atoms with van der Waals surface area (Å²) in [7, 11) is 1.56. The highest BCUT2D eigenvalue weighted by molar-refractivity contribution is 6.00. The van der Waals surface area contributed by atoms with Crippen molar-refractivity contribution in [2.75, 3.05) is 18.5 Å². The smallest absolute Gasteiger partial charge is 0.262 e. The maximum absolute atomic E-state index is 13.1. The van der Waals surface area contributed by atoms with Crippen LogP contribution in [0.2, 0.25) is 0 Å². The number of benzene rings is 2. The van der Waals surface area contributed by atoms with E-state index >= 15 is 0 Å².